The number of hydrogen-bond donors (Lipinski definition) is 1. The Morgan fingerprint density at radius 1 is 1.73 bits per heavy atom. The highest BCUT2D eigenvalue weighted by atomic mass is 16.9. The molecule has 0 aromatic heterocycles. The molecule has 0 fully saturated rings. The summed E-state index contributed by atoms with van der Waals surface area (Å²) in [4.78, 5) is 10.3. The van der Waals surface area contributed by atoms with Crippen LogP contribution in [0.4, 0.5) is 0 Å². The van der Waals surface area contributed by atoms with Crippen molar-refractivity contribution in [2.75, 3.05) is 20.8 Å². The standard InChI is InChI=1S/C4H9N3.NO3/c1-6-3-5-7(2)4-6;2-1(3)4/h3H,4H2,1-2H3;/q;-1/p+1. The van der Waals surface area contributed by atoms with Crippen LogP contribution >= 0.6 is 0 Å². The monoisotopic (exact) mass is 162 g/mol. The molecule has 0 saturated heterocycles. The molecular formula is C4H10N4O3. The first-order valence-corrected chi connectivity index (χ1v) is 2.90. The molecule has 1 N–H and O–H groups in total. The summed E-state index contributed by atoms with van der Waals surface area (Å²) in [5.74, 6) is 0. The Balaban J connectivity index is 0.000000218. The van der Waals surface area contributed by atoms with Crippen LogP contribution < -0.4 is 5.01 Å². The molecule has 0 aromatic rings. The van der Waals surface area contributed by atoms with E-state index in [0.29, 0.717) is 0 Å². The Labute approximate surface area is 63.6 Å². The van der Waals surface area contributed by atoms with Crippen molar-refractivity contribution in [2.45, 2.75) is 0 Å². The van der Waals surface area contributed by atoms with Gasteiger partial charge in [0.05, 0.1) is 12.1 Å². The van der Waals surface area contributed by atoms with E-state index in [2.05, 4.69) is 10.0 Å². The smallest absolute Gasteiger partial charge is 0.177 e. The van der Waals surface area contributed by atoms with Crippen LogP contribution in [0, 0.1) is 15.3 Å². The Kier molecular flexibility index (Phi) is 3.89. The van der Waals surface area contributed by atoms with E-state index < -0.39 is 5.09 Å². The number of quaternary nitrogens is 1. The van der Waals surface area contributed by atoms with Gasteiger partial charge in [0.25, 0.3) is 0 Å². The van der Waals surface area contributed by atoms with Gasteiger partial charge in [0.15, 0.2) is 13.0 Å². The summed E-state index contributed by atoms with van der Waals surface area (Å²) in [6.45, 7) is 1.00. The molecule has 11 heavy (non-hydrogen) atoms. The minimum atomic E-state index is -1.75. The van der Waals surface area contributed by atoms with Crippen molar-refractivity contribution in [3.8, 4) is 0 Å². The molecule has 1 atom stereocenters. The van der Waals surface area contributed by atoms with E-state index in [-0.39, 0.29) is 0 Å². The summed E-state index contributed by atoms with van der Waals surface area (Å²) in [5.41, 5.74) is 0. The average molecular weight is 162 g/mol. The van der Waals surface area contributed by atoms with Gasteiger partial charge in [0.2, 0.25) is 0 Å². The molecule has 64 valence electrons. The van der Waals surface area contributed by atoms with Crippen LogP contribution in [-0.4, -0.2) is 37.1 Å². The van der Waals surface area contributed by atoms with E-state index in [4.69, 9.17) is 15.3 Å². The molecule has 0 aromatic carbocycles. The van der Waals surface area contributed by atoms with Crippen LogP contribution in [-0.2, 0) is 0 Å². The molecule has 0 saturated carbocycles. The fourth-order valence-electron chi connectivity index (χ4n) is 0.640. The van der Waals surface area contributed by atoms with E-state index in [1.165, 1.54) is 5.01 Å². The second-order valence-electron chi connectivity index (χ2n) is 2.12. The lowest BCUT2D eigenvalue weighted by atomic mass is 10.9. The van der Waals surface area contributed by atoms with E-state index in [1.807, 2.05) is 20.4 Å². The van der Waals surface area contributed by atoms with Crippen molar-refractivity contribution in [2.24, 2.45) is 5.10 Å². The van der Waals surface area contributed by atoms with Gasteiger partial charge in [-0.3, -0.25) is 0 Å². The van der Waals surface area contributed by atoms with Gasteiger partial charge in [0, 0.05) is 7.05 Å². The van der Waals surface area contributed by atoms with Crippen LogP contribution in [0.3, 0.4) is 0 Å². The molecule has 0 aliphatic carbocycles. The van der Waals surface area contributed by atoms with Crippen molar-refractivity contribution < 1.29 is 10.1 Å². The molecule has 1 aliphatic rings. The minimum Gasteiger partial charge on any atom is -0.356 e. The first-order valence-electron chi connectivity index (χ1n) is 2.90. The minimum absolute atomic E-state index is 1.00. The number of nitrogens with zero attached hydrogens (tertiary/aromatic N) is 3. The first kappa shape index (κ1) is 9.63. The third-order valence-corrected chi connectivity index (χ3v) is 0.953. The summed E-state index contributed by atoms with van der Waals surface area (Å²) in [7, 11) is 4.04. The zero-order valence-electron chi connectivity index (χ0n) is 6.35. The lowest BCUT2D eigenvalue weighted by molar-refractivity contribution is -0.887. The Bertz CT molecular complexity index is 145. The molecule has 0 amide bonds. The van der Waals surface area contributed by atoms with Crippen molar-refractivity contribution in [3.05, 3.63) is 15.3 Å². The van der Waals surface area contributed by atoms with Gasteiger partial charge in [-0.1, -0.05) is 5.10 Å². The summed E-state index contributed by atoms with van der Waals surface area (Å²) < 4.78 is 0. The highest BCUT2D eigenvalue weighted by Gasteiger charge is 2.07. The Hall–Kier alpha value is -1.37. The first-order chi connectivity index (χ1) is 5.02. The van der Waals surface area contributed by atoms with Crippen molar-refractivity contribution >= 4 is 6.34 Å². The lowest BCUT2D eigenvalue weighted by Gasteiger charge is -2.01. The van der Waals surface area contributed by atoms with Crippen molar-refractivity contribution in [1.29, 1.82) is 0 Å². The molecular weight excluding hydrogens is 152 g/mol. The van der Waals surface area contributed by atoms with Gasteiger partial charge >= 0.3 is 0 Å². The molecule has 0 bridgehead atoms. The predicted molar refractivity (Wildman–Crippen MR) is 38.4 cm³/mol. The largest absolute Gasteiger partial charge is 0.356 e. The molecule has 1 unspecified atom stereocenters. The number of nitrogens with one attached hydrogen (secondary N) is 1. The zero-order valence-corrected chi connectivity index (χ0v) is 6.35. The number of rotatable bonds is 0. The van der Waals surface area contributed by atoms with E-state index in [0.717, 1.165) is 6.67 Å². The van der Waals surface area contributed by atoms with E-state index >= 15 is 0 Å². The van der Waals surface area contributed by atoms with Gasteiger partial charge < -0.3 is 20.2 Å². The molecule has 1 rings (SSSR count). The summed E-state index contributed by atoms with van der Waals surface area (Å²) in [6.07, 6.45) is 1.84. The SMILES string of the molecule is CN1C=N[NH+](C)C1.O=[N+]([O-])[O-]. The van der Waals surface area contributed by atoms with E-state index in [9.17, 15) is 0 Å². The van der Waals surface area contributed by atoms with Crippen LogP contribution in [0.25, 0.3) is 0 Å². The third kappa shape index (κ3) is 6.52. The second-order valence-corrected chi connectivity index (χ2v) is 2.12. The van der Waals surface area contributed by atoms with Crippen molar-refractivity contribution in [1.82, 2.24) is 4.90 Å². The normalized spacial score (nSPS) is 20.9. The average Bonchev–Trinajstić information content (AvgIpc) is 2.13. The van der Waals surface area contributed by atoms with Gasteiger partial charge in [-0.05, 0) is 0 Å². The molecule has 7 nitrogen and oxygen atoms in total. The lowest BCUT2D eigenvalue weighted by Crippen LogP contribution is -3.03. The molecule has 0 radical (unpaired) electrons. The summed E-state index contributed by atoms with van der Waals surface area (Å²) in [6, 6.07) is 0. The van der Waals surface area contributed by atoms with Crippen molar-refractivity contribution in [3.63, 3.8) is 0 Å². The van der Waals surface area contributed by atoms with Gasteiger partial charge in [0.1, 0.15) is 0 Å². The van der Waals surface area contributed by atoms with Gasteiger partial charge in [-0.2, -0.15) is 5.01 Å². The third-order valence-electron chi connectivity index (χ3n) is 0.953. The molecule has 1 heterocycles. The fraction of sp³-hybridized carbons (Fsp3) is 0.750. The zero-order chi connectivity index (χ0) is 8.85. The Morgan fingerprint density at radius 3 is 2.27 bits per heavy atom. The highest BCUT2D eigenvalue weighted by molar-refractivity contribution is 5.53. The van der Waals surface area contributed by atoms with Gasteiger partial charge in [-0.15, -0.1) is 0 Å². The molecule has 0 spiro atoms. The number of hydrogen-bond acceptors (Lipinski definition) is 5. The maximum atomic E-state index is 8.25. The highest BCUT2D eigenvalue weighted by Crippen LogP contribution is 1.70. The summed E-state index contributed by atoms with van der Waals surface area (Å²) >= 11 is 0. The van der Waals surface area contributed by atoms with Gasteiger partial charge in [-0.25, -0.2) is 0 Å². The topological polar surface area (TPSA) is 86.2 Å². The maximum absolute atomic E-state index is 8.25. The van der Waals surface area contributed by atoms with E-state index in [1.54, 1.807) is 0 Å². The van der Waals surface area contributed by atoms with Crippen LogP contribution in [0.15, 0.2) is 5.10 Å². The van der Waals surface area contributed by atoms with Crippen LogP contribution in [0.5, 0.6) is 0 Å². The van der Waals surface area contributed by atoms with Crippen LogP contribution in [0.1, 0.15) is 0 Å². The molecule has 7 heteroatoms. The maximum Gasteiger partial charge on any atom is 0.177 e. The fourth-order valence-corrected chi connectivity index (χ4v) is 0.640. The second kappa shape index (κ2) is 4.45. The van der Waals surface area contributed by atoms with Crippen LogP contribution in [0.2, 0.25) is 0 Å². The summed E-state index contributed by atoms with van der Waals surface area (Å²) in [5, 5.41) is 20.0. The molecule has 1 aliphatic heterocycles. The predicted octanol–water partition coefficient (Wildman–Crippen LogP) is -1.89. The quantitative estimate of drug-likeness (QED) is 0.333. The Morgan fingerprint density at radius 2 is 2.18 bits per heavy atom.